The molecule has 0 saturated carbocycles. The number of aromatic nitrogens is 1. The topological polar surface area (TPSA) is 62.7 Å². The third kappa shape index (κ3) is 3.29. The van der Waals surface area contributed by atoms with E-state index >= 15 is 0 Å². The lowest BCUT2D eigenvalue weighted by molar-refractivity contribution is 1.31. The molecule has 128 valence electrons. The van der Waals surface area contributed by atoms with E-state index in [9.17, 15) is 5.26 Å². The summed E-state index contributed by atoms with van der Waals surface area (Å²) in [7, 11) is 0. The minimum atomic E-state index is 0.251. The molecule has 0 atom stereocenters. The van der Waals surface area contributed by atoms with Gasteiger partial charge in [0.1, 0.15) is 17.5 Å². The molecule has 0 aliphatic rings. The van der Waals surface area contributed by atoms with E-state index in [1.54, 1.807) is 0 Å². The largest absolute Gasteiger partial charge is 0.383 e. The number of nitrogens with zero attached hydrogens (tertiary/aromatic N) is 2. The van der Waals surface area contributed by atoms with Crippen molar-refractivity contribution in [2.24, 2.45) is 0 Å². The predicted molar refractivity (Wildman–Crippen MR) is 110 cm³/mol. The van der Waals surface area contributed by atoms with Gasteiger partial charge >= 0.3 is 0 Å². The Hall–Kier alpha value is -3.90. The Kier molecular flexibility index (Phi) is 4.38. The highest BCUT2D eigenvalue weighted by molar-refractivity contribution is 5.80. The summed E-state index contributed by atoms with van der Waals surface area (Å²) in [5.74, 6) is 0.251. The number of nitrogen functional groups attached to an aromatic ring is 1. The van der Waals surface area contributed by atoms with Crippen molar-refractivity contribution in [2.75, 3.05) is 5.73 Å². The number of hydrogen-bond donors (Lipinski definition) is 1. The maximum absolute atomic E-state index is 9.51. The molecule has 0 aliphatic carbocycles. The first-order valence-corrected chi connectivity index (χ1v) is 8.68. The van der Waals surface area contributed by atoms with Crippen LogP contribution in [0.3, 0.4) is 0 Å². The zero-order valence-electron chi connectivity index (χ0n) is 14.6. The Morgan fingerprint density at radius 1 is 0.667 bits per heavy atom. The fourth-order valence-electron chi connectivity index (χ4n) is 3.14. The van der Waals surface area contributed by atoms with Crippen LogP contribution in [0.25, 0.3) is 33.5 Å². The first kappa shape index (κ1) is 16.6. The van der Waals surface area contributed by atoms with Gasteiger partial charge in [0.05, 0.1) is 5.69 Å². The van der Waals surface area contributed by atoms with Crippen molar-refractivity contribution < 1.29 is 0 Å². The average Bonchev–Trinajstić information content (AvgIpc) is 2.74. The van der Waals surface area contributed by atoms with Crippen LogP contribution < -0.4 is 5.73 Å². The third-order valence-electron chi connectivity index (χ3n) is 4.53. The van der Waals surface area contributed by atoms with Crippen molar-refractivity contribution in [3.8, 4) is 39.6 Å². The monoisotopic (exact) mass is 347 g/mol. The number of hydrogen-bond acceptors (Lipinski definition) is 3. The van der Waals surface area contributed by atoms with Gasteiger partial charge in [0.2, 0.25) is 0 Å². The number of pyridine rings is 1. The van der Waals surface area contributed by atoms with E-state index in [0.29, 0.717) is 5.56 Å². The van der Waals surface area contributed by atoms with Gasteiger partial charge in [-0.1, -0.05) is 84.9 Å². The molecule has 0 bridgehead atoms. The van der Waals surface area contributed by atoms with Gasteiger partial charge < -0.3 is 5.73 Å². The summed E-state index contributed by atoms with van der Waals surface area (Å²) in [4.78, 5) is 4.46. The molecule has 1 heterocycles. The molecule has 0 amide bonds. The molecule has 3 nitrogen and oxygen atoms in total. The van der Waals surface area contributed by atoms with Gasteiger partial charge in [-0.15, -0.1) is 0 Å². The molecule has 3 heteroatoms. The van der Waals surface area contributed by atoms with Crippen LogP contribution in [0.4, 0.5) is 5.82 Å². The van der Waals surface area contributed by atoms with Crippen LogP contribution in [-0.2, 0) is 0 Å². The summed E-state index contributed by atoms with van der Waals surface area (Å²) in [6.45, 7) is 0. The lowest BCUT2D eigenvalue weighted by Gasteiger charge is -2.11. The van der Waals surface area contributed by atoms with Crippen molar-refractivity contribution in [1.29, 1.82) is 5.26 Å². The van der Waals surface area contributed by atoms with E-state index in [1.165, 1.54) is 5.56 Å². The van der Waals surface area contributed by atoms with Crippen LogP contribution >= 0.6 is 0 Å². The lowest BCUT2D eigenvalue weighted by Crippen LogP contribution is -1.99. The zero-order chi connectivity index (χ0) is 18.6. The minimum Gasteiger partial charge on any atom is -0.383 e. The van der Waals surface area contributed by atoms with Gasteiger partial charge in [0, 0.05) is 11.1 Å². The molecular formula is C24H17N3. The Labute approximate surface area is 158 Å². The second-order valence-electron chi connectivity index (χ2n) is 6.24. The lowest BCUT2D eigenvalue weighted by atomic mass is 9.97. The van der Waals surface area contributed by atoms with Gasteiger partial charge in [-0.25, -0.2) is 4.98 Å². The fraction of sp³-hybridized carbons (Fsp3) is 0. The summed E-state index contributed by atoms with van der Waals surface area (Å²) in [5.41, 5.74) is 12.3. The van der Waals surface area contributed by atoms with Crippen LogP contribution in [0, 0.1) is 11.3 Å². The molecule has 3 aromatic carbocycles. The SMILES string of the molecule is N#Cc1c(-c2ccccc2)cc(-c2ccc(-c3ccccc3)cc2)nc1N. The number of nitriles is 1. The Bertz CT molecular complexity index is 1110. The van der Waals surface area contributed by atoms with E-state index in [0.717, 1.165) is 27.9 Å². The summed E-state index contributed by atoms with van der Waals surface area (Å²) in [6.07, 6.45) is 0. The highest BCUT2D eigenvalue weighted by Gasteiger charge is 2.13. The molecule has 0 aliphatic heterocycles. The van der Waals surface area contributed by atoms with Gasteiger partial charge in [-0.3, -0.25) is 0 Å². The summed E-state index contributed by atoms with van der Waals surface area (Å²) in [5, 5.41) is 9.51. The number of anilines is 1. The van der Waals surface area contributed by atoms with Gasteiger partial charge in [0.25, 0.3) is 0 Å². The Balaban J connectivity index is 1.79. The smallest absolute Gasteiger partial charge is 0.142 e. The van der Waals surface area contributed by atoms with E-state index in [2.05, 4.69) is 35.3 Å². The number of nitrogens with two attached hydrogens (primary N) is 1. The van der Waals surface area contributed by atoms with Crippen molar-refractivity contribution in [1.82, 2.24) is 4.98 Å². The van der Waals surface area contributed by atoms with Crippen LogP contribution in [0.5, 0.6) is 0 Å². The molecule has 27 heavy (non-hydrogen) atoms. The first-order valence-electron chi connectivity index (χ1n) is 8.68. The Morgan fingerprint density at radius 2 is 1.19 bits per heavy atom. The molecular weight excluding hydrogens is 330 g/mol. The van der Waals surface area contributed by atoms with Crippen LogP contribution in [0.2, 0.25) is 0 Å². The maximum Gasteiger partial charge on any atom is 0.142 e. The number of benzene rings is 3. The quantitative estimate of drug-likeness (QED) is 0.529. The molecule has 0 fully saturated rings. The molecule has 0 unspecified atom stereocenters. The maximum atomic E-state index is 9.51. The van der Waals surface area contributed by atoms with E-state index in [4.69, 9.17) is 5.73 Å². The average molecular weight is 347 g/mol. The highest BCUT2D eigenvalue weighted by Crippen LogP contribution is 2.32. The second-order valence-corrected chi connectivity index (χ2v) is 6.24. The summed E-state index contributed by atoms with van der Waals surface area (Å²) in [6, 6.07) is 32.3. The van der Waals surface area contributed by atoms with Gasteiger partial charge in [-0.05, 0) is 22.8 Å². The molecule has 2 N–H and O–H groups in total. The van der Waals surface area contributed by atoms with Gasteiger partial charge in [-0.2, -0.15) is 5.26 Å². The molecule has 4 rings (SSSR count). The zero-order valence-corrected chi connectivity index (χ0v) is 14.6. The molecule has 0 saturated heterocycles. The standard InChI is InChI=1S/C24H17N3/c25-16-22-21(19-9-5-2-6-10-19)15-23(27-24(22)26)20-13-11-18(12-14-20)17-7-3-1-4-8-17/h1-15H,(H2,26,27). The second kappa shape index (κ2) is 7.15. The molecule has 1 aromatic heterocycles. The molecule has 4 aromatic rings. The van der Waals surface area contributed by atoms with Crippen molar-refractivity contribution >= 4 is 5.82 Å². The highest BCUT2D eigenvalue weighted by atomic mass is 14.8. The van der Waals surface area contributed by atoms with E-state index in [-0.39, 0.29) is 5.82 Å². The van der Waals surface area contributed by atoms with E-state index in [1.807, 2.05) is 66.7 Å². The predicted octanol–water partition coefficient (Wildman–Crippen LogP) is 5.54. The Morgan fingerprint density at radius 3 is 1.78 bits per heavy atom. The van der Waals surface area contributed by atoms with Gasteiger partial charge in [0.15, 0.2) is 0 Å². The van der Waals surface area contributed by atoms with Crippen molar-refractivity contribution in [2.45, 2.75) is 0 Å². The summed E-state index contributed by atoms with van der Waals surface area (Å²) >= 11 is 0. The van der Waals surface area contributed by atoms with Crippen LogP contribution in [0.15, 0.2) is 91.0 Å². The van der Waals surface area contributed by atoms with Crippen LogP contribution in [0.1, 0.15) is 5.56 Å². The van der Waals surface area contributed by atoms with Crippen LogP contribution in [-0.4, -0.2) is 4.98 Å². The summed E-state index contributed by atoms with van der Waals surface area (Å²) < 4.78 is 0. The van der Waals surface area contributed by atoms with Crippen molar-refractivity contribution in [3.63, 3.8) is 0 Å². The molecule has 0 radical (unpaired) electrons. The van der Waals surface area contributed by atoms with Crippen molar-refractivity contribution in [3.05, 3.63) is 96.6 Å². The third-order valence-corrected chi connectivity index (χ3v) is 4.53. The normalized spacial score (nSPS) is 10.3. The fourth-order valence-corrected chi connectivity index (χ4v) is 3.14. The number of rotatable bonds is 3. The first-order chi connectivity index (χ1) is 13.3. The molecule has 0 spiro atoms. The minimum absolute atomic E-state index is 0.251. The van der Waals surface area contributed by atoms with E-state index < -0.39 is 0 Å².